The minimum atomic E-state index is -5.03. The quantitative estimate of drug-likeness (QED) is 0.226. The van der Waals surface area contributed by atoms with Crippen LogP contribution < -0.4 is 10.1 Å². The third-order valence-electron chi connectivity index (χ3n) is 12.4. The first-order valence-electron chi connectivity index (χ1n) is 18.7. The van der Waals surface area contributed by atoms with Crippen LogP contribution >= 0.6 is 0 Å². The molecule has 0 unspecified atom stereocenters. The van der Waals surface area contributed by atoms with E-state index in [1.165, 1.54) is 0 Å². The van der Waals surface area contributed by atoms with E-state index >= 15 is 0 Å². The van der Waals surface area contributed by atoms with Crippen molar-refractivity contribution in [3.63, 3.8) is 0 Å². The fourth-order valence-electron chi connectivity index (χ4n) is 10.2. The first-order chi connectivity index (χ1) is 25.2. The van der Waals surface area contributed by atoms with Gasteiger partial charge in [0.05, 0.1) is 17.6 Å². The molecule has 2 aliphatic heterocycles. The molecule has 0 spiro atoms. The highest BCUT2D eigenvalue weighted by Gasteiger charge is 2.62. The van der Waals surface area contributed by atoms with Crippen molar-refractivity contribution in [1.29, 1.82) is 0 Å². The molecule has 10 nitrogen and oxygen atoms in total. The number of aliphatic carboxylic acids is 1. The van der Waals surface area contributed by atoms with Crippen LogP contribution in [0.1, 0.15) is 86.8 Å². The number of piperidine rings is 1. The molecule has 6 aliphatic rings. The van der Waals surface area contributed by atoms with Crippen LogP contribution in [0.3, 0.4) is 0 Å². The number of alkyl halides is 5. The number of aromatic nitrogens is 3. The van der Waals surface area contributed by atoms with Crippen LogP contribution in [0.5, 0.6) is 5.75 Å². The van der Waals surface area contributed by atoms with Gasteiger partial charge in [-0.25, -0.2) is 23.5 Å². The van der Waals surface area contributed by atoms with Gasteiger partial charge in [0.15, 0.2) is 11.5 Å². The minimum absolute atomic E-state index is 0.0190. The summed E-state index contributed by atoms with van der Waals surface area (Å²) in [6.07, 6.45) is 3.44. The predicted octanol–water partition coefficient (Wildman–Crippen LogP) is 6.98. The monoisotopic (exact) mass is 745 g/mol. The summed E-state index contributed by atoms with van der Waals surface area (Å²) in [5.74, 6) is -4.73. The number of carboxylic acids is 1. The Morgan fingerprint density at radius 2 is 1.66 bits per heavy atom. The summed E-state index contributed by atoms with van der Waals surface area (Å²) in [5.41, 5.74) is -2.83. The highest BCUT2D eigenvalue weighted by Crippen LogP contribution is 2.58. The van der Waals surface area contributed by atoms with Gasteiger partial charge in [0.1, 0.15) is 17.4 Å². The van der Waals surface area contributed by atoms with E-state index in [9.17, 15) is 36.6 Å². The second-order valence-corrected chi connectivity index (χ2v) is 16.0. The molecule has 15 heteroatoms. The van der Waals surface area contributed by atoms with E-state index in [0.717, 1.165) is 19.5 Å². The van der Waals surface area contributed by atoms with Crippen LogP contribution in [0.15, 0.2) is 30.6 Å². The van der Waals surface area contributed by atoms with Crippen LogP contribution in [-0.2, 0) is 15.7 Å². The van der Waals surface area contributed by atoms with E-state index in [2.05, 4.69) is 15.3 Å². The Kier molecular flexibility index (Phi) is 9.18. The van der Waals surface area contributed by atoms with Crippen molar-refractivity contribution >= 4 is 22.8 Å². The normalized spacial score (nSPS) is 28.4. The molecule has 9 rings (SSSR count). The number of nitrogens with zero attached hydrogens (tertiary/aromatic N) is 4. The Balaban J connectivity index is 1.10. The fraction of sp³-hybridized carbons (Fsp3) is 0.632. The van der Waals surface area contributed by atoms with E-state index in [1.54, 1.807) is 23.2 Å². The molecule has 2 saturated heterocycles. The first-order valence-corrected chi connectivity index (χ1v) is 18.7. The summed E-state index contributed by atoms with van der Waals surface area (Å²) in [6.45, 7) is 2.60. The Bertz CT molecular complexity index is 1850. The van der Waals surface area contributed by atoms with Crippen LogP contribution in [0.25, 0.3) is 22.3 Å². The van der Waals surface area contributed by atoms with E-state index in [-0.39, 0.29) is 36.4 Å². The summed E-state index contributed by atoms with van der Waals surface area (Å²) in [4.78, 5) is 36.6. The molecule has 0 radical (unpaired) electrons. The summed E-state index contributed by atoms with van der Waals surface area (Å²) in [7, 11) is 0. The lowest BCUT2D eigenvalue weighted by atomic mass is 9.48. The standard InChI is InChI=1S/C38H44F5N5O5/c1-36(39,40)20-47-8-4-26(5-9-47)53-27-2-3-28-30(19-48(31(28)17-27)25-6-10-52-11-7-25)33-44-18-29(32(45-33)38(41,42)43)34(49)46-37(35(50)51)23-13-21-12-22(15-23)16-24(37)14-21/h2-3,17-19,21-26H,4-16,20H2,1H3,(H,46,49)(H,50,51). The first kappa shape index (κ1) is 36.1. The number of hydrogen-bond donors (Lipinski definition) is 2. The highest BCUT2D eigenvalue weighted by molar-refractivity contribution is 6.00. The number of ether oxygens (including phenoxy) is 2. The maximum absolute atomic E-state index is 14.8. The molecule has 0 atom stereocenters. The number of benzene rings is 1. The van der Waals surface area contributed by atoms with Crippen molar-refractivity contribution in [2.24, 2.45) is 23.7 Å². The smallest absolute Gasteiger partial charge is 0.434 e. The van der Waals surface area contributed by atoms with Crippen molar-refractivity contribution in [3.05, 3.63) is 41.9 Å². The zero-order valence-electron chi connectivity index (χ0n) is 29.5. The zero-order chi connectivity index (χ0) is 37.3. The zero-order valence-corrected chi connectivity index (χ0v) is 29.5. The van der Waals surface area contributed by atoms with Crippen molar-refractivity contribution in [2.75, 3.05) is 32.8 Å². The van der Waals surface area contributed by atoms with E-state index in [0.29, 0.717) is 112 Å². The summed E-state index contributed by atoms with van der Waals surface area (Å²) < 4.78 is 85.2. The number of carboxylic acid groups (broad SMARTS) is 1. The van der Waals surface area contributed by atoms with Crippen LogP contribution in [0.4, 0.5) is 22.0 Å². The second-order valence-electron chi connectivity index (χ2n) is 16.0. The molecule has 286 valence electrons. The number of carbonyl (C=O) groups excluding carboxylic acids is 1. The number of nitrogens with one attached hydrogen (secondary N) is 1. The number of carbonyl (C=O) groups is 2. The molecular weight excluding hydrogens is 701 g/mol. The molecule has 6 fully saturated rings. The van der Waals surface area contributed by atoms with Crippen LogP contribution in [-0.4, -0.2) is 86.8 Å². The van der Waals surface area contributed by atoms with Crippen molar-refractivity contribution in [3.8, 4) is 17.1 Å². The van der Waals surface area contributed by atoms with Gasteiger partial charge in [-0.2, -0.15) is 13.2 Å². The molecule has 53 heavy (non-hydrogen) atoms. The molecule has 3 aromatic rings. The molecule has 1 aromatic carbocycles. The number of halogens is 5. The van der Waals surface area contributed by atoms with Gasteiger partial charge in [-0.05, 0) is 93.6 Å². The van der Waals surface area contributed by atoms with Gasteiger partial charge < -0.3 is 24.5 Å². The Hall–Kier alpha value is -3.85. The second kappa shape index (κ2) is 13.5. The summed E-state index contributed by atoms with van der Waals surface area (Å²) in [6, 6.07) is 5.30. The van der Waals surface area contributed by atoms with Crippen molar-refractivity contribution in [1.82, 2.24) is 24.8 Å². The van der Waals surface area contributed by atoms with Gasteiger partial charge in [-0.3, -0.25) is 9.69 Å². The van der Waals surface area contributed by atoms with E-state index < -0.39 is 40.8 Å². The Morgan fingerprint density at radius 1 is 1.00 bits per heavy atom. The maximum Gasteiger partial charge on any atom is 0.434 e. The van der Waals surface area contributed by atoms with Crippen LogP contribution in [0, 0.1) is 23.7 Å². The third-order valence-corrected chi connectivity index (χ3v) is 12.4. The number of rotatable bonds is 9. The lowest BCUT2D eigenvalue weighted by Gasteiger charge is -2.59. The molecule has 4 bridgehead atoms. The van der Waals surface area contributed by atoms with Gasteiger partial charge in [-0.15, -0.1) is 0 Å². The number of fused-ring (bicyclic) bond motifs is 1. The van der Waals surface area contributed by atoms with Crippen molar-refractivity contribution in [2.45, 2.75) is 94.5 Å². The molecule has 4 aliphatic carbocycles. The topological polar surface area (TPSA) is 119 Å². The molecule has 2 aromatic heterocycles. The van der Waals surface area contributed by atoms with Crippen molar-refractivity contribution < 1.29 is 46.1 Å². The van der Waals surface area contributed by atoms with Gasteiger partial charge in [0.2, 0.25) is 0 Å². The Morgan fingerprint density at radius 3 is 2.26 bits per heavy atom. The number of hydrogen-bond acceptors (Lipinski definition) is 7. The molecular formula is C38H44F5N5O5. The van der Waals surface area contributed by atoms with Gasteiger partial charge in [0, 0.05) is 68.7 Å². The fourth-order valence-corrected chi connectivity index (χ4v) is 10.2. The molecule has 4 saturated carbocycles. The number of likely N-dealkylation sites (tertiary alicyclic amines) is 1. The molecule has 2 N–H and O–H groups in total. The highest BCUT2D eigenvalue weighted by atomic mass is 19.4. The molecule has 1 amide bonds. The van der Waals surface area contributed by atoms with Gasteiger partial charge >= 0.3 is 12.1 Å². The SMILES string of the molecule is CC(F)(F)CN1CCC(Oc2ccc3c(-c4ncc(C(=O)NC5(C(=O)O)C6CC7CC(C6)CC5C7)c(C(F)(F)F)n4)cn(C4CCOCC4)c3c2)CC1. The van der Waals surface area contributed by atoms with E-state index in [4.69, 9.17) is 9.47 Å². The lowest BCUT2D eigenvalue weighted by Crippen LogP contribution is -2.70. The average Bonchev–Trinajstić information content (AvgIpc) is 3.48. The maximum atomic E-state index is 14.8. The van der Waals surface area contributed by atoms with E-state index in [1.807, 2.05) is 10.6 Å². The predicted molar refractivity (Wildman–Crippen MR) is 183 cm³/mol. The molecule has 4 heterocycles. The third kappa shape index (κ3) is 6.87. The summed E-state index contributed by atoms with van der Waals surface area (Å²) in [5, 5.41) is 13.7. The minimum Gasteiger partial charge on any atom is -0.490 e. The van der Waals surface area contributed by atoms with Gasteiger partial charge in [-0.1, -0.05) is 0 Å². The summed E-state index contributed by atoms with van der Waals surface area (Å²) >= 11 is 0. The largest absolute Gasteiger partial charge is 0.490 e. The average molecular weight is 746 g/mol. The number of amides is 1. The van der Waals surface area contributed by atoms with Crippen LogP contribution in [0.2, 0.25) is 0 Å². The lowest BCUT2D eigenvalue weighted by molar-refractivity contribution is -0.163. The Labute approximate surface area is 303 Å². The van der Waals surface area contributed by atoms with Gasteiger partial charge in [0.25, 0.3) is 11.8 Å².